The van der Waals surface area contributed by atoms with E-state index in [2.05, 4.69) is 45.2 Å². The van der Waals surface area contributed by atoms with E-state index in [9.17, 15) is 34.8 Å². The van der Waals surface area contributed by atoms with Gasteiger partial charge in [-0.15, -0.1) is 0 Å². The van der Waals surface area contributed by atoms with Gasteiger partial charge in [-0.1, -0.05) is 74.9 Å². The number of hydrogen-bond donors (Lipinski definition) is 16. The molecule has 0 bridgehead atoms. The number of anilines is 1. The number of amides is 1. The molecule has 0 spiro atoms. The summed E-state index contributed by atoms with van der Waals surface area (Å²) in [6, 6.07) is 19.7. The van der Waals surface area contributed by atoms with Crippen LogP contribution in [0.1, 0.15) is 75.3 Å². The molecule has 19 nitrogen and oxygen atoms in total. The molecule has 1 aliphatic carbocycles. The smallest absolute Gasteiger partial charge is 0.335 e. The second-order valence-corrected chi connectivity index (χ2v) is 15.8. The lowest BCUT2D eigenvalue weighted by Crippen LogP contribution is -2.48. The first kappa shape index (κ1) is 53.5. The van der Waals surface area contributed by atoms with Gasteiger partial charge >= 0.3 is 11.9 Å². The number of rotatable bonds is 19. The molecule has 19 heteroatoms. The van der Waals surface area contributed by atoms with Crippen LogP contribution in [0.2, 0.25) is 0 Å². The van der Waals surface area contributed by atoms with E-state index >= 15 is 0 Å². The second kappa shape index (κ2) is 26.8. The van der Waals surface area contributed by atoms with Crippen molar-refractivity contribution in [2.45, 2.75) is 93.8 Å². The van der Waals surface area contributed by atoms with Crippen LogP contribution in [0.15, 0.2) is 66.7 Å². The number of benzene rings is 3. The van der Waals surface area contributed by atoms with Crippen LogP contribution >= 0.6 is 0 Å². The zero-order chi connectivity index (χ0) is 47.5. The molecule has 8 atom stereocenters. The number of likely N-dealkylation sites (N-methyl/N-ethyl adjacent to an activating group) is 2. The molecule has 0 saturated heterocycles. The third kappa shape index (κ3) is 16.0. The largest absolute Gasteiger partial charge is 0.478 e. The Hall–Kier alpha value is -4.87. The summed E-state index contributed by atoms with van der Waals surface area (Å²) in [5, 5.41) is 119. The fourth-order valence-corrected chi connectivity index (χ4v) is 7.16. The molecular formula is C45H64N4O15. The maximum absolute atomic E-state index is 13.5. The SMILES string of the molecule is CNC[C@H](O)[C@@H](O)[C@H](O)[C@H](O)CO.CNC[C@H](O)[C@@H](O)[C@H](O)[C@H](O)CO.O=C(O)c1cc(NC(=O)c2cc(-c3ccc4ccccc4c3)[nH]c2CC2CCCCCC2)cc(C(=O)O)c1. The summed E-state index contributed by atoms with van der Waals surface area (Å²) < 4.78 is 0. The molecular weight excluding hydrogens is 837 g/mol. The molecule has 1 heterocycles. The van der Waals surface area contributed by atoms with Crippen molar-refractivity contribution in [3.63, 3.8) is 0 Å². The van der Waals surface area contributed by atoms with E-state index in [0.29, 0.717) is 11.5 Å². The molecule has 5 rings (SSSR count). The average Bonchev–Trinajstić information content (AvgIpc) is 3.54. The van der Waals surface area contributed by atoms with E-state index < -0.39 is 79.9 Å². The Morgan fingerprint density at radius 2 is 1.11 bits per heavy atom. The summed E-state index contributed by atoms with van der Waals surface area (Å²) in [5.41, 5.74) is 2.83. The quantitative estimate of drug-likeness (QED) is 0.0562. The van der Waals surface area contributed by atoms with Crippen LogP contribution in [0.5, 0.6) is 0 Å². The van der Waals surface area contributed by atoms with E-state index in [1.807, 2.05) is 24.3 Å². The number of aliphatic hydroxyl groups is 10. The minimum atomic E-state index is -1.55. The third-order valence-electron chi connectivity index (χ3n) is 10.8. The Labute approximate surface area is 370 Å². The maximum atomic E-state index is 13.5. The molecule has 1 fully saturated rings. The molecule has 1 aliphatic rings. The Balaban J connectivity index is 0.000000344. The number of H-pyrrole nitrogens is 1. The fourth-order valence-electron chi connectivity index (χ4n) is 7.16. The van der Waals surface area contributed by atoms with Crippen LogP contribution in [0.25, 0.3) is 22.0 Å². The summed E-state index contributed by atoms with van der Waals surface area (Å²) in [4.78, 5) is 40.1. The van der Waals surface area contributed by atoms with Crippen LogP contribution in [0.3, 0.4) is 0 Å². The molecule has 1 aromatic heterocycles. The highest BCUT2D eigenvalue weighted by Gasteiger charge is 2.30. The molecule has 0 aliphatic heterocycles. The highest BCUT2D eigenvalue weighted by Crippen LogP contribution is 2.31. The van der Waals surface area contributed by atoms with Gasteiger partial charge in [0.2, 0.25) is 0 Å². The molecule has 16 N–H and O–H groups in total. The topological polar surface area (TPSA) is 346 Å². The first-order valence-corrected chi connectivity index (χ1v) is 21.1. The van der Waals surface area contributed by atoms with Crippen molar-refractivity contribution in [1.82, 2.24) is 15.6 Å². The molecule has 1 amide bonds. The summed E-state index contributed by atoms with van der Waals surface area (Å²) in [6.45, 7) is -1.14. The molecule has 4 aromatic rings. The van der Waals surface area contributed by atoms with Gasteiger partial charge in [-0.25, -0.2) is 9.59 Å². The lowest BCUT2D eigenvalue weighted by atomic mass is 9.93. The number of carbonyl (C=O) groups excluding carboxylic acids is 1. The van der Waals surface area contributed by atoms with Crippen LogP contribution in [-0.2, 0) is 6.42 Å². The Morgan fingerprint density at radius 3 is 1.58 bits per heavy atom. The van der Waals surface area contributed by atoms with Crippen molar-refractivity contribution in [3.05, 3.63) is 89.1 Å². The van der Waals surface area contributed by atoms with E-state index in [1.165, 1.54) is 37.8 Å². The summed E-state index contributed by atoms with van der Waals surface area (Å²) in [6.07, 6.45) is -3.47. The van der Waals surface area contributed by atoms with Gasteiger partial charge in [-0.2, -0.15) is 0 Å². The van der Waals surface area contributed by atoms with Gasteiger partial charge < -0.3 is 82.2 Å². The van der Waals surface area contributed by atoms with Gasteiger partial charge in [-0.05, 0) is 73.1 Å². The number of aromatic nitrogens is 1. The van der Waals surface area contributed by atoms with Crippen molar-refractivity contribution < 1.29 is 75.7 Å². The predicted octanol–water partition coefficient (Wildman–Crippen LogP) is 0.280. The number of carboxylic acids is 2. The molecule has 0 unspecified atom stereocenters. The molecule has 1 saturated carbocycles. The zero-order valence-corrected chi connectivity index (χ0v) is 35.9. The monoisotopic (exact) mass is 900 g/mol. The highest BCUT2D eigenvalue weighted by atomic mass is 16.4. The standard InChI is InChI=1S/C31H30N2O5.2C7H17NO5/c34-29(32-25-16-23(30(35)36)15-24(17-25)31(37)38)26-18-27(22-12-11-20-9-5-6-10-21(20)14-22)33-28(26)13-19-7-3-1-2-4-8-19;2*1-8-2-4(10)6(12)7(13)5(11)3-9/h5-6,9-12,14-19,33H,1-4,7-8,13H2,(H,32,34)(H,35,36)(H,37,38);2*4-13H,2-3H2,1H3/t;2*4-,5+,6+,7+/m.00/s1. The summed E-state index contributed by atoms with van der Waals surface area (Å²) in [5.74, 6) is -2.47. The summed E-state index contributed by atoms with van der Waals surface area (Å²) >= 11 is 0. The number of carbonyl (C=O) groups is 3. The van der Waals surface area contributed by atoms with Gasteiger partial charge in [0, 0.05) is 30.2 Å². The number of carboxylic acid groups (broad SMARTS) is 2. The predicted molar refractivity (Wildman–Crippen MR) is 237 cm³/mol. The van der Waals surface area contributed by atoms with Crippen molar-refractivity contribution in [1.29, 1.82) is 0 Å². The number of aromatic carboxylic acids is 2. The number of hydrogen-bond acceptors (Lipinski definition) is 15. The van der Waals surface area contributed by atoms with E-state index in [-0.39, 0.29) is 29.9 Å². The lowest BCUT2D eigenvalue weighted by Gasteiger charge is -2.25. The molecule has 64 heavy (non-hydrogen) atoms. The van der Waals surface area contributed by atoms with Crippen molar-refractivity contribution in [2.75, 3.05) is 45.7 Å². The van der Waals surface area contributed by atoms with Gasteiger partial charge in [0.05, 0.1) is 42.1 Å². The Bertz CT molecular complexity index is 2000. The minimum absolute atomic E-state index is 0.0936. The van der Waals surface area contributed by atoms with Crippen LogP contribution in [0.4, 0.5) is 5.69 Å². The first-order chi connectivity index (χ1) is 30.4. The molecule has 354 valence electrons. The van der Waals surface area contributed by atoms with Gasteiger partial charge in [0.15, 0.2) is 0 Å². The molecule has 0 radical (unpaired) electrons. The lowest BCUT2D eigenvalue weighted by molar-refractivity contribution is -0.113. The normalized spacial score (nSPS) is 16.9. The Kier molecular flexibility index (Phi) is 22.4. The van der Waals surface area contributed by atoms with Crippen molar-refractivity contribution in [2.24, 2.45) is 5.92 Å². The average molecular weight is 901 g/mol. The van der Waals surface area contributed by atoms with Crippen LogP contribution in [0, 0.1) is 5.92 Å². The number of nitrogens with one attached hydrogen (secondary N) is 4. The Morgan fingerprint density at radius 1 is 0.625 bits per heavy atom. The van der Waals surface area contributed by atoms with E-state index in [4.69, 9.17) is 40.9 Å². The third-order valence-corrected chi connectivity index (χ3v) is 10.8. The van der Waals surface area contributed by atoms with E-state index in [0.717, 1.165) is 53.1 Å². The number of aliphatic hydroxyl groups excluding tert-OH is 10. The number of fused-ring (bicyclic) bond motifs is 1. The summed E-state index contributed by atoms with van der Waals surface area (Å²) in [7, 11) is 3.15. The van der Waals surface area contributed by atoms with Crippen LogP contribution < -0.4 is 16.0 Å². The first-order valence-electron chi connectivity index (χ1n) is 21.1. The maximum Gasteiger partial charge on any atom is 0.335 e. The molecule has 3 aromatic carbocycles. The highest BCUT2D eigenvalue weighted by molar-refractivity contribution is 6.07. The number of aromatic amines is 1. The fraction of sp³-hybridized carbons (Fsp3) is 0.489. The van der Waals surface area contributed by atoms with Gasteiger partial charge in [-0.3, -0.25) is 4.79 Å². The van der Waals surface area contributed by atoms with Gasteiger partial charge in [0.25, 0.3) is 5.91 Å². The van der Waals surface area contributed by atoms with Gasteiger partial charge in [0.1, 0.15) is 36.6 Å². The minimum Gasteiger partial charge on any atom is -0.478 e. The van der Waals surface area contributed by atoms with Crippen molar-refractivity contribution >= 4 is 34.3 Å². The second-order valence-electron chi connectivity index (χ2n) is 15.8. The zero-order valence-electron chi connectivity index (χ0n) is 35.9. The van der Waals surface area contributed by atoms with Crippen molar-refractivity contribution in [3.8, 4) is 11.3 Å². The van der Waals surface area contributed by atoms with E-state index in [1.54, 1.807) is 14.1 Å². The van der Waals surface area contributed by atoms with Crippen LogP contribution in [-0.4, -0.2) is 173 Å².